The lowest BCUT2D eigenvalue weighted by Gasteiger charge is -2.26. The van der Waals surface area contributed by atoms with Gasteiger partial charge < -0.3 is 9.64 Å². The molecule has 6 nitrogen and oxygen atoms in total. The summed E-state index contributed by atoms with van der Waals surface area (Å²) in [4.78, 5) is 14.8. The number of nitrogens with one attached hydrogen (secondary N) is 1. The van der Waals surface area contributed by atoms with Gasteiger partial charge in [0, 0.05) is 30.9 Å². The topological polar surface area (TPSA) is 75.7 Å². The number of carbonyl (C=O) groups excluding carboxylic acids is 1. The van der Waals surface area contributed by atoms with Crippen LogP contribution in [0.4, 0.5) is 14.5 Å². The van der Waals surface area contributed by atoms with Gasteiger partial charge >= 0.3 is 0 Å². The SMILES string of the molecule is O=C(c1ccc(NS(=O)(=O)c2ccc(F)cc2)cc1)N(Cc1cccc(F)c1)CC1CCCO1. The summed E-state index contributed by atoms with van der Waals surface area (Å²) in [6.07, 6.45) is 1.69. The van der Waals surface area contributed by atoms with Crippen molar-refractivity contribution in [2.24, 2.45) is 0 Å². The molecule has 178 valence electrons. The predicted octanol–water partition coefficient (Wildman–Crippen LogP) is 4.59. The summed E-state index contributed by atoms with van der Waals surface area (Å²) in [5.41, 5.74) is 1.28. The van der Waals surface area contributed by atoms with Crippen molar-refractivity contribution in [1.29, 1.82) is 0 Å². The third kappa shape index (κ3) is 5.98. The molecular weight excluding hydrogens is 462 g/mol. The van der Waals surface area contributed by atoms with Crippen LogP contribution in [0.25, 0.3) is 0 Å². The summed E-state index contributed by atoms with van der Waals surface area (Å²) >= 11 is 0. The molecule has 1 N–H and O–H groups in total. The molecule has 0 aromatic heterocycles. The second-order valence-corrected chi connectivity index (χ2v) is 9.77. The second kappa shape index (κ2) is 10.3. The van der Waals surface area contributed by atoms with E-state index in [-0.39, 0.29) is 35.0 Å². The van der Waals surface area contributed by atoms with Crippen LogP contribution in [0.5, 0.6) is 0 Å². The van der Waals surface area contributed by atoms with Crippen LogP contribution >= 0.6 is 0 Å². The van der Waals surface area contributed by atoms with Crippen LogP contribution < -0.4 is 4.72 Å². The van der Waals surface area contributed by atoms with E-state index in [2.05, 4.69) is 4.72 Å². The Kier molecular flexibility index (Phi) is 7.23. The van der Waals surface area contributed by atoms with Crippen molar-refractivity contribution in [2.75, 3.05) is 17.9 Å². The number of nitrogens with zero attached hydrogens (tertiary/aromatic N) is 1. The van der Waals surface area contributed by atoms with Crippen molar-refractivity contribution >= 4 is 21.6 Å². The molecule has 3 aromatic carbocycles. The Morgan fingerprint density at radius 1 is 1.00 bits per heavy atom. The third-order valence-electron chi connectivity index (χ3n) is 5.51. The van der Waals surface area contributed by atoms with Crippen LogP contribution in [0.15, 0.2) is 77.7 Å². The summed E-state index contributed by atoms with van der Waals surface area (Å²) in [6.45, 7) is 1.24. The summed E-state index contributed by atoms with van der Waals surface area (Å²) in [5.74, 6) is -1.18. The average Bonchev–Trinajstić information content (AvgIpc) is 3.32. The van der Waals surface area contributed by atoms with Crippen molar-refractivity contribution in [3.63, 3.8) is 0 Å². The van der Waals surface area contributed by atoms with Crippen LogP contribution in [0.1, 0.15) is 28.8 Å². The fraction of sp³-hybridized carbons (Fsp3) is 0.240. The molecule has 0 bridgehead atoms. The normalized spacial score (nSPS) is 15.8. The van der Waals surface area contributed by atoms with Crippen molar-refractivity contribution in [2.45, 2.75) is 30.4 Å². The monoisotopic (exact) mass is 486 g/mol. The Hall–Kier alpha value is -3.30. The Bertz CT molecular complexity index is 1240. The zero-order valence-electron chi connectivity index (χ0n) is 18.3. The highest BCUT2D eigenvalue weighted by Gasteiger charge is 2.24. The molecule has 1 unspecified atom stereocenters. The molecule has 0 spiro atoms. The number of halogens is 2. The predicted molar refractivity (Wildman–Crippen MR) is 124 cm³/mol. The van der Waals surface area contributed by atoms with Crippen molar-refractivity contribution < 1.29 is 26.7 Å². The van der Waals surface area contributed by atoms with Crippen LogP contribution in [0, 0.1) is 11.6 Å². The van der Waals surface area contributed by atoms with E-state index in [0.717, 1.165) is 25.0 Å². The van der Waals surface area contributed by atoms with Gasteiger partial charge in [0.15, 0.2) is 0 Å². The minimum atomic E-state index is -3.90. The Labute approximate surface area is 197 Å². The molecule has 0 radical (unpaired) electrons. The van der Waals surface area contributed by atoms with Crippen molar-refractivity contribution in [1.82, 2.24) is 4.90 Å². The second-order valence-electron chi connectivity index (χ2n) is 8.09. The molecule has 1 aliphatic rings. The molecular formula is C25H24F2N2O4S. The number of carbonyl (C=O) groups is 1. The lowest BCUT2D eigenvalue weighted by Crippen LogP contribution is -2.37. The van der Waals surface area contributed by atoms with E-state index >= 15 is 0 Å². The van der Waals surface area contributed by atoms with E-state index < -0.39 is 15.8 Å². The fourth-order valence-electron chi connectivity index (χ4n) is 3.80. The van der Waals surface area contributed by atoms with Gasteiger partial charge in [0.2, 0.25) is 0 Å². The van der Waals surface area contributed by atoms with E-state index in [4.69, 9.17) is 4.74 Å². The minimum absolute atomic E-state index is 0.0770. The number of hydrogen-bond acceptors (Lipinski definition) is 4. The number of amides is 1. The highest BCUT2D eigenvalue weighted by atomic mass is 32.2. The van der Waals surface area contributed by atoms with E-state index in [0.29, 0.717) is 24.3 Å². The maximum absolute atomic E-state index is 13.7. The Morgan fingerprint density at radius 3 is 2.38 bits per heavy atom. The number of rotatable bonds is 8. The summed E-state index contributed by atoms with van der Waals surface area (Å²) in [5, 5.41) is 0. The molecule has 34 heavy (non-hydrogen) atoms. The van der Waals surface area contributed by atoms with Crippen molar-refractivity contribution in [3.8, 4) is 0 Å². The quantitative estimate of drug-likeness (QED) is 0.506. The number of hydrogen-bond donors (Lipinski definition) is 1. The molecule has 1 atom stereocenters. The number of sulfonamides is 1. The first-order valence-corrected chi connectivity index (χ1v) is 12.3. The van der Waals surface area contributed by atoms with Gasteiger partial charge in [-0.2, -0.15) is 0 Å². The molecule has 1 fully saturated rings. The van der Waals surface area contributed by atoms with Gasteiger partial charge in [0.1, 0.15) is 11.6 Å². The number of ether oxygens (including phenoxy) is 1. The number of anilines is 1. The minimum Gasteiger partial charge on any atom is -0.376 e. The molecule has 1 saturated heterocycles. The lowest BCUT2D eigenvalue weighted by atomic mass is 10.1. The Morgan fingerprint density at radius 2 is 1.74 bits per heavy atom. The maximum atomic E-state index is 13.7. The van der Waals surface area contributed by atoms with Crippen LogP contribution in [0.3, 0.4) is 0 Å². The van der Waals surface area contributed by atoms with Gasteiger partial charge in [-0.3, -0.25) is 9.52 Å². The zero-order chi connectivity index (χ0) is 24.1. The van der Waals surface area contributed by atoms with Crippen molar-refractivity contribution in [3.05, 3.63) is 95.6 Å². The largest absolute Gasteiger partial charge is 0.376 e. The summed E-state index contributed by atoms with van der Waals surface area (Å²) in [6, 6.07) is 16.6. The van der Waals surface area contributed by atoms with E-state index in [1.807, 2.05) is 0 Å². The molecule has 0 saturated carbocycles. The van der Waals surface area contributed by atoms with Gasteiger partial charge in [0.05, 0.1) is 11.0 Å². The summed E-state index contributed by atoms with van der Waals surface area (Å²) in [7, 11) is -3.90. The summed E-state index contributed by atoms with van der Waals surface area (Å²) < 4.78 is 59.9. The van der Waals surface area contributed by atoms with Crippen LogP contribution in [-0.4, -0.2) is 38.5 Å². The Balaban J connectivity index is 1.50. The van der Waals surface area contributed by atoms with Gasteiger partial charge in [-0.05, 0) is 79.1 Å². The lowest BCUT2D eigenvalue weighted by molar-refractivity contribution is 0.0507. The molecule has 1 amide bonds. The zero-order valence-corrected chi connectivity index (χ0v) is 19.1. The average molecular weight is 487 g/mol. The van der Waals surface area contributed by atoms with E-state index in [1.165, 1.54) is 48.5 Å². The molecule has 1 heterocycles. The van der Waals surface area contributed by atoms with Gasteiger partial charge in [-0.1, -0.05) is 12.1 Å². The molecule has 0 aliphatic carbocycles. The maximum Gasteiger partial charge on any atom is 0.261 e. The number of benzene rings is 3. The van der Waals surface area contributed by atoms with Crippen LogP contribution in [0.2, 0.25) is 0 Å². The first-order chi connectivity index (χ1) is 16.3. The van der Waals surface area contributed by atoms with Gasteiger partial charge in [-0.25, -0.2) is 17.2 Å². The standard InChI is InChI=1S/C25H24F2N2O4S/c26-20-8-12-24(13-9-20)34(31,32)28-22-10-6-19(7-11-22)25(30)29(17-23-5-2-14-33-23)16-18-3-1-4-21(27)15-18/h1,3-4,6-13,15,23,28H,2,5,14,16-17H2. The van der Waals surface area contributed by atoms with E-state index in [1.54, 1.807) is 17.0 Å². The van der Waals surface area contributed by atoms with E-state index in [9.17, 15) is 22.0 Å². The molecule has 3 aromatic rings. The molecule has 1 aliphatic heterocycles. The first-order valence-electron chi connectivity index (χ1n) is 10.8. The molecule has 9 heteroatoms. The molecule has 4 rings (SSSR count). The highest BCUT2D eigenvalue weighted by Crippen LogP contribution is 2.20. The fourth-order valence-corrected chi connectivity index (χ4v) is 4.86. The highest BCUT2D eigenvalue weighted by molar-refractivity contribution is 7.92. The van der Waals surface area contributed by atoms with Gasteiger partial charge in [-0.15, -0.1) is 0 Å². The van der Waals surface area contributed by atoms with Gasteiger partial charge in [0.25, 0.3) is 15.9 Å². The smallest absolute Gasteiger partial charge is 0.261 e. The third-order valence-corrected chi connectivity index (χ3v) is 6.90. The van der Waals surface area contributed by atoms with Crippen LogP contribution in [-0.2, 0) is 21.3 Å². The first kappa shape index (κ1) is 23.8.